The first-order valence-corrected chi connectivity index (χ1v) is 7.27. The molecule has 1 fully saturated rings. The van der Waals surface area contributed by atoms with Gasteiger partial charge in [-0.1, -0.05) is 30.3 Å². The molecule has 1 aliphatic carbocycles. The summed E-state index contributed by atoms with van der Waals surface area (Å²) in [6.45, 7) is 8.14. The van der Waals surface area contributed by atoms with Crippen LogP contribution in [0.25, 0.3) is 0 Å². The second kappa shape index (κ2) is 7.86. The van der Waals surface area contributed by atoms with Gasteiger partial charge in [0.15, 0.2) is 5.96 Å². The maximum atomic E-state index is 4.76. The second-order valence-corrected chi connectivity index (χ2v) is 5.64. The highest BCUT2D eigenvalue weighted by molar-refractivity contribution is 14.0. The summed E-state index contributed by atoms with van der Waals surface area (Å²) < 4.78 is 0. The predicted octanol–water partition coefficient (Wildman–Crippen LogP) is 3.30. The van der Waals surface area contributed by atoms with Crippen molar-refractivity contribution in [3.63, 3.8) is 0 Å². The second-order valence-electron chi connectivity index (χ2n) is 5.64. The van der Waals surface area contributed by atoms with Crippen molar-refractivity contribution < 1.29 is 0 Å². The number of benzene rings is 1. The fourth-order valence-corrected chi connectivity index (χ4v) is 2.30. The third-order valence-electron chi connectivity index (χ3n) is 3.55. The predicted molar refractivity (Wildman–Crippen MR) is 97.0 cm³/mol. The molecule has 0 saturated heterocycles. The van der Waals surface area contributed by atoms with Gasteiger partial charge >= 0.3 is 0 Å². The van der Waals surface area contributed by atoms with Crippen LogP contribution in [0.1, 0.15) is 39.2 Å². The van der Waals surface area contributed by atoms with Gasteiger partial charge in [0.2, 0.25) is 0 Å². The number of rotatable bonds is 5. The molecule has 0 aromatic heterocycles. The molecule has 0 bridgehead atoms. The Hall–Kier alpha value is -0.780. The summed E-state index contributed by atoms with van der Waals surface area (Å²) in [4.78, 5) is 4.76. The van der Waals surface area contributed by atoms with E-state index in [1.807, 2.05) is 0 Å². The van der Waals surface area contributed by atoms with E-state index in [-0.39, 0.29) is 24.0 Å². The van der Waals surface area contributed by atoms with E-state index in [1.165, 1.54) is 18.4 Å². The lowest BCUT2D eigenvalue weighted by atomic mass is 9.96. The van der Waals surface area contributed by atoms with Crippen LogP contribution in [-0.2, 0) is 5.41 Å². The normalized spacial score (nSPS) is 16.5. The van der Waals surface area contributed by atoms with E-state index in [1.54, 1.807) is 0 Å². The topological polar surface area (TPSA) is 36.4 Å². The lowest BCUT2D eigenvalue weighted by Gasteiger charge is -2.17. The molecule has 1 aromatic carbocycles. The molecule has 0 heterocycles. The maximum absolute atomic E-state index is 4.76. The summed E-state index contributed by atoms with van der Waals surface area (Å²) in [5, 5.41) is 6.68. The van der Waals surface area contributed by atoms with Crippen molar-refractivity contribution >= 4 is 29.9 Å². The molecule has 1 saturated carbocycles. The van der Waals surface area contributed by atoms with Crippen LogP contribution >= 0.6 is 24.0 Å². The SMILES string of the molecule is CCNC(=NCC1(c2ccccc2)CC1)NC(C)C.I. The van der Waals surface area contributed by atoms with Gasteiger partial charge in [0, 0.05) is 18.0 Å². The molecule has 0 spiro atoms. The van der Waals surface area contributed by atoms with Crippen LogP contribution in [0, 0.1) is 0 Å². The van der Waals surface area contributed by atoms with Gasteiger partial charge in [-0.15, -0.1) is 24.0 Å². The number of hydrogen-bond donors (Lipinski definition) is 2. The molecule has 2 N–H and O–H groups in total. The van der Waals surface area contributed by atoms with Crippen LogP contribution in [-0.4, -0.2) is 25.1 Å². The van der Waals surface area contributed by atoms with Gasteiger partial charge in [0.1, 0.15) is 0 Å². The van der Waals surface area contributed by atoms with E-state index in [4.69, 9.17) is 4.99 Å². The minimum Gasteiger partial charge on any atom is -0.357 e. The number of aliphatic imine (C=N–C) groups is 1. The zero-order valence-corrected chi connectivity index (χ0v) is 15.0. The fraction of sp³-hybridized carbons (Fsp3) is 0.562. The average Bonchev–Trinajstić information content (AvgIpc) is 3.18. The minimum atomic E-state index is 0. The Morgan fingerprint density at radius 2 is 1.90 bits per heavy atom. The Labute approximate surface area is 139 Å². The highest BCUT2D eigenvalue weighted by Crippen LogP contribution is 2.48. The van der Waals surface area contributed by atoms with Crippen LogP contribution in [0.5, 0.6) is 0 Å². The maximum Gasteiger partial charge on any atom is 0.191 e. The standard InChI is InChI=1S/C16H25N3.HI/c1-4-17-15(19-13(2)3)18-12-16(10-11-16)14-8-6-5-7-9-14;/h5-9,13H,4,10-12H2,1-3H3,(H2,17,18,19);1H. The van der Waals surface area contributed by atoms with E-state index < -0.39 is 0 Å². The van der Waals surface area contributed by atoms with Gasteiger partial charge in [0.25, 0.3) is 0 Å². The molecule has 3 nitrogen and oxygen atoms in total. The van der Waals surface area contributed by atoms with E-state index in [9.17, 15) is 0 Å². The van der Waals surface area contributed by atoms with Crippen LogP contribution in [0.3, 0.4) is 0 Å². The van der Waals surface area contributed by atoms with Crippen LogP contribution < -0.4 is 10.6 Å². The van der Waals surface area contributed by atoms with Crippen LogP contribution in [0.4, 0.5) is 0 Å². The van der Waals surface area contributed by atoms with Crippen LogP contribution in [0.2, 0.25) is 0 Å². The number of nitrogens with one attached hydrogen (secondary N) is 2. The summed E-state index contributed by atoms with van der Waals surface area (Å²) in [6, 6.07) is 11.2. The zero-order valence-electron chi connectivity index (χ0n) is 12.6. The summed E-state index contributed by atoms with van der Waals surface area (Å²) in [5.41, 5.74) is 1.72. The molecule has 0 unspecified atom stereocenters. The molecule has 0 aliphatic heterocycles. The van der Waals surface area contributed by atoms with Gasteiger partial charge in [-0.25, -0.2) is 0 Å². The number of halogens is 1. The van der Waals surface area contributed by atoms with Gasteiger partial charge < -0.3 is 10.6 Å². The average molecular weight is 387 g/mol. The van der Waals surface area contributed by atoms with Crippen molar-refractivity contribution in [2.45, 2.75) is 45.1 Å². The number of nitrogens with zero attached hydrogens (tertiary/aromatic N) is 1. The van der Waals surface area contributed by atoms with Crippen molar-refractivity contribution in [2.24, 2.45) is 4.99 Å². The van der Waals surface area contributed by atoms with Gasteiger partial charge in [-0.2, -0.15) is 0 Å². The zero-order chi connectivity index (χ0) is 13.7. The highest BCUT2D eigenvalue weighted by atomic mass is 127. The van der Waals surface area contributed by atoms with E-state index >= 15 is 0 Å². The molecular formula is C16H26IN3. The number of hydrogen-bond acceptors (Lipinski definition) is 1. The molecule has 1 aromatic rings. The fourth-order valence-electron chi connectivity index (χ4n) is 2.30. The first kappa shape index (κ1) is 17.3. The molecule has 0 atom stereocenters. The van der Waals surface area contributed by atoms with E-state index in [2.05, 4.69) is 61.7 Å². The minimum absolute atomic E-state index is 0. The Bertz CT molecular complexity index is 425. The molecular weight excluding hydrogens is 361 g/mol. The van der Waals surface area contributed by atoms with Gasteiger partial charge in [0.05, 0.1) is 6.54 Å². The molecule has 4 heteroatoms. The van der Waals surface area contributed by atoms with E-state index in [0.29, 0.717) is 11.5 Å². The van der Waals surface area contributed by atoms with Crippen molar-refractivity contribution in [1.82, 2.24) is 10.6 Å². The van der Waals surface area contributed by atoms with Crippen molar-refractivity contribution in [3.05, 3.63) is 35.9 Å². The Kier molecular flexibility index (Phi) is 6.79. The van der Waals surface area contributed by atoms with Crippen LogP contribution in [0.15, 0.2) is 35.3 Å². The van der Waals surface area contributed by atoms with Gasteiger partial charge in [-0.05, 0) is 39.2 Å². The monoisotopic (exact) mass is 387 g/mol. The molecule has 112 valence electrons. The van der Waals surface area contributed by atoms with Gasteiger partial charge in [-0.3, -0.25) is 4.99 Å². The molecule has 0 amide bonds. The van der Waals surface area contributed by atoms with Crippen molar-refractivity contribution in [1.29, 1.82) is 0 Å². The molecule has 1 aliphatic rings. The van der Waals surface area contributed by atoms with Crippen molar-refractivity contribution in [3.8, 4) is 0 Å². The summed E-state index contributed by atoms with van der Waals surface area (Å²) in [7, 11) is 0. The summed E-state index contributed by atoms with van der Waals surface area (Å²) in [6.07, 6.45) is 2.50. The Balaban J connectivity index is 0.00000200. The Morgan fingerprint density at radius 1 is 1.25 bits per heavy atom. The summed E-state index contributed by atoms with van der Waals surface area (Å²) >= 11 is 0. The number of guanidine groups is 1. The molecule has 20 heavy (non-hydrogen) atoms. The van der Waals surface area contributed by atoms with Crippen molar-refractivity contribution in [2.75, 3.05) is 13.1 Å². The lowest BCUT2D eigenvalue weighted by Crippen LogP contribution is -2.41. The first-order valence-electron chi connectivity index (χ1n) is 7.27. The molecule has 2 rings (SSSR count). The quantitative estimate of drug-likeness (QED) is 0.462. The first-order chi connectivity index (χ1) is 9.16. The largest absolute Gasteiger partial charge is 0.357 e. The third-order valence-corrected chi connectivity index (χ3v) is 3.55. The smallest absolute Gasteiger partial charge is 0.191 e. The lowest BCUT2D eigenvalue weighted by molar-refractivity contribution is 0.670. The third kappa shape index (κ3) is 4.65. The van der Waals surface area contributed by atoms with E-state index in [0.717, 1.165) is 19.0 Å². The highest BCUT2D eigenvalue weighted by Gasteiger charge is 2.43. The molecule has 0 radical (unpaired) electrons. The Morgan fingerprint density at radius 3 is 2.40 bits per heavy atom. The summed E-state index contributed by atoms with van der Waals surface area (Å²) in [5.74, 6) is 0.930.